The first-order chi connectivity index (χ1) is 7.27. The third-order valence-electron chi connectivity index (χ3n) is 2.94. The standard InChI is InChI=1S/C12H17BrN2/c13-10-5-6-11(14)12(9-10)15-7-3-1-2-4-8-15/h5-6,9H,1-4,7-8,14H2. The van der Waals surface area contributed by atoms with Gasteiger partial charge in [0, 0.05) is 17.6 Å². The summed E-state index contributed by atoms with van der Waals surface area (Å²) in [5.41, 5.74) is 8.08. The lowest BCUT2D eigenvalue weighted by atomic mass is 10.2. The summed E-state index contributed by atoms with van der Waals surface area (Å²) >= 11 is 3.50. The molecule has 2 nitrogen and oxygen atoms in total. The zero-order valence-corrected chi connectivity index (χ0v) is 10.5. The summed E-state index contributed by atoms with van der Waals surface area (Å²) in [6, 6.07) is 6.10. The molecule has 1 fully saturated rings. The Morgan fingerprint density at radius 2 is 1.73 bits per heavy atom. The Bertz CT molecular complexity index is 330. The fourth-order valence-corrected chi connectivity index (χ4v) is 2.45. The maximum atomic E-state index is 6.01. The summed E-state index contributed by atoms with van der Waals surface area (Å²) in [7, 11) is 0. The number of hydrogen-bond donors (Lipinski definition) is 1. The smallest absolute Gasteiger partial charge is 0.0611 e. The Morgan fingerprint density at radius 1 is 1.07 bits per heavy atom. The first kappa shape index (κ1) is 10.8. The highest BCUT2D eigenvalue weighted by Crippen LogP contribution is 2.28. The molecule has 0 amide bonds. The second kappa shape index (κ2) is 4.88. The summed E-state index contributed by atoms with van der Waals surface area (Å²) in [5.74, 6) is 0. The van der Waals surface area contributed by atoms with Gasteiger partial charge in [-0.2, -0.15) is 0 Å². The number of benzene rings is 1. The molecular weight excluding hydrogens is 252 g/mol. The van der Waals surface area contributed by atoms with Crippen molar-refractivity contribution in [3.63, 3.8) is 0 Å². The quantitative estimate of drug-likeness (QED) is 0.791. The van der Waals surface area contributed by atoms with Gasteiger partial charge in [-0.15, -0.1) is 0 Å². The highest BCUT2D eigenvalue weighted by atomic mass is 79.9. The molecule has 1 aromatic rings. The van der Waals surface area contributed by atoms with Crippen molar-refractivity contribution in [1.82, 2.24) is 0 Å². The second-order valence-corrected chi connectivity index (χ2v) is 5.02. The number of rotatable bonds is 1. The van der Waals surface area contributed by atoms with E-state index in [-0.39, 0.29) is 0 Å². The molecule has 1 heterocycles. The van der Waals surface area contributed by atoms with Crippen LogP contribution in [-0.2, 0) is 0 Å². The van der Waals surface area contributed by atoms with Crippen molar-refractivity contribution in [2.75, 3.05) is 23.7 Å². The second-order valence-electron chi connectivity index (χ2n) is 4.10. The fourth-order valence-electron chi connectivity index (χ4n) is 2.10. The Labute approximate surface area is 99.6 Å². The minimum absolute atomic E-state index is 0.889. The highest BCUT2D eigenvalue weighted by Gasteiger charge is 2.12. The molecule has 1 saturated heterocycles. The van der Waals surface area contributed by atoms with Gasteiger partial charge in [0.1, 0.15) is 0 Å². The minimum Gasteiger partial charge on any atom is -0.397 e. The van der Waals surface area contributed by atoms with Gasteiger partial charge in [-0.1, -0.05) is 28.8 Å². The van der Waals surface area contributed by atoms with Gasteiger partial charge in [-0.05, 0) is 31.0 Å². The minimum atomic E-state index is 0.889. The van der Waals surface area contributed by atoms with E-state index >= 15 is 0 Å². The molecular formula is C12H17BrN2. The predicted molar refractivity (Wildman–Crippen MR) is 69.2 cm³/mol. The number of anilines is 2. The predicted octanol–water partition coefficient (Wildman–Crippen LogP) is 3.41. The van der Waals surface area contributed by atoms with Crippen LogP contribution in [0.5, 0.6) is 0 Å². The van der Waals surface area contributed by atoms with Gasteiger partial charge in [0.15, 0.2) is 0 Å². The molecule has 1 aromatic carbocycles. The number of halogens is 1. The maximum Gasteiger partial charge on any atom is 0.0611 e. The van der Waals surface area contributed by atoms with Gasteiger partial charge in [0.2, 0.25) is 0 Å². The lowest BCUT2D eigenvalue weighted by molar-refractivity contribution is 0.726. The Hall–Kier alpha value is -0.700. The maximum absolute atomic E-state index is 6.01. The van der Waals surface area contributed by atoms with Crippen LogP contribution in [0, 0.1) is 0 Å². The fraction of sp³-hybridized carbons (Fsp3) is 0.500. The van der Waals surface area contributed by atoms with Gasteiger partial charge in [0.05, 0.1) is 11.4 Å². The lowest BCUT2D eigenvalue weighted by Crippen LogP contribution is -2.24. The Balaban J connectivity index is 2.22. The molecule has 2 N–H and O–H groups in total. The molecule has 1 aliphatic rings. The summed E-state index contributed by atoms with van der Waals surface area (Å²) < 4.78 is 1.11. The average molecular weight is 269 g/mol. The number of hydrogen-bond acceptors (Lipinski definition) is 2. The van der Waals surface area contributed by atoms with Crippen LogP contribution in [0.1, 0.15) is 25.7 Å². The summed E-state index contributed by atoms with van der Waals surface area (Å²) in [6.07, 6.45) is 5.27. The van der Waals surface area contributed by atoms with Crippen molar-refractivity contribution in [1.29, 1.82) is 0 Å². The molecule has 82 valence electrons. The largest absolute Gasteiger partial charge is 0.397 e. The van der Waals surface area contributed by atoms with E-state index in [2.05, 4.69) is 26.9 Å². The molecule has 0 bridgehead atoms. The van der Waals surface area contributed by atoms with E-state index in [1.54, 1.807) is 0 Å². The van der Waals surface area contributed by atoms with Crippen LogP contribution in [0.15, 0.2) is 22.7 Å². The monoisotopic (exact) mass is 268 g/mol. The highest BCUT2D eigenvalue weighted by molar-refractivity contribution is 9.10. The molecule has 0 aromatic heterocycles. The molecule has 0 radical (unpaired) electrons. The molecule has 0 aliphatic carbocycles. The summed E-state index contributed by atoms with van der Waals surface area (Å²) in [5, 5.41) is 0. The Morgan fingerprint density at radius 3 is 2.40 bits per heavy atom. The van der Waals surface area contributed by atoms with Gasteiger partial charge in [-0.3, -0.25) is 0 Å². The molecule has 3 heteroatoms. The van der Waals surface area contributed by atoms with Crippen LogP contribution in [0.3, 0.4) is 0 Å². The van der Waals surface area contributed by atoms with Crippen molar-refractivity contribution in [2.45, 2.75) is 25.7 Å². The molecule has 1 aliphatic heterocycles. The van der Waals surface area contributed by atoms with Gasteiger partial charge < -0.3 is 10.6 Å². The van der Waals surface area contributed by atoms with Crippen LogP contribution in [0.2, 0.25) is 0 Å². The normalized spacial score (nSPS) is 17.5. The molecule has 0 saturated carbocycles. The first-order valence-corrected chi connectivity index (χ1v) is 6.36. The molecule has 2 rings (SSSR count). The zero-order chi connectivity index (χ0) is 10.7. The Kier molecular flexibility index (Phi) is 3.52. The van der Waals surface area contributed by atoms with Gasteiger partial charge in [0.25, 0.3) is 0 Å². The van der Waals surface area contributed by atoms with Gasteiger partial charge in [-0.25, -0.2) is 0 Å². The van der Waals surface area contributed by atoms with Crippen LogP contribution >= 0.6 is 15.9 Å². The summed E-state index contributed by atoms with van der Waals surface area (Å²) in [6.45, 7) is 2.28. The van der Waals surface area contributed by atoms with Crippen molar-refractivity contribution in [2.24, 2.45) is 0 Å². The van der Waals surface area contributed by atoms with Crippen LogP contribution in [0.25, 0.3) is 0 Å². The van der Waals surface area contributed by atoms with E-state index in [1.165, 1.54) is 31.4 Å². The average Bonchev–Trinajstić information content (AvgIpc) is 2.50. The van der Waals surface area contributed by atoms with Crippen molar-refractivity contribution < 1.29 is 0 Å². The van der Waals surface area contributed by atoms with Gasteiger partial charge >= 0.3 is 0 Å². The molecule has 0 spiro atoms. The molecule has 0 atom stereocenters. The molecule has 0 unspecified atom stereocenters. The van der Waals surface area contributed by atoms with Crippen LogP contribution in [0.4, 0.5) is 11.4 Å². The van der Waals surface area contributed by atoms with Crippen LogP contribution in [-0.4, -0.2) is 13.1 Å². The third kappa shape index (κ3) is 2.65. The topological polar surface area (TPSA) is 29.3 Å². The van der Waals surface area contributed by atoms with E-state index in [9.17, 15) is 0 Å². The van der Waals surface area contributed by atoms with Crippen molar-refractivity contribution in [3.8, 4) is 0 Å². The zero-order valence-electron chi connectivity index (χ0n) is 8.88. The van der Waals surface area contributed by atoms with E-state index in [0.717, 1.165) is 23.2 Å². The van der Waals surface area contributed by atoms with Crippen molar-refractivity contribution >= 4 is 27.3 Å². The first-order valence-electron chi connectivity index (χ1n) is 5.57. The number of nitrogens with two attached hydrogens (primary N) is 1. The van der Waals surface area contributed by atoms with E-state index < -0.39 is 0 Å². The summed E-state index contributed by atoms with van der Waals surface area (Å²) in [4.78, 5) is 2.41. The van der Waals surface area contributed by atoms with Crippen molar-refractivity contribution in [3.05, 3.63) is 22.7 Å². The lowest BCUT2D eigenvalue weighted by Gasteiger charge is -2.24. The van der Waals surface area contributed by atoms with E-state index in [0.29, 0.717) is 0 Å². The SMILES string of the molecule is Nc1ccc(Br)cc1N1CCCCCC1. The van der Waals surface area contributed by atoms with Crippen LogP contribution < -0.4 is 10.6 Å². The van der Waals surface area contributed by atoms with E-state index in [4.69, 9.17) is 5.73 Å². The third-order valence-corrected chi connectivity index (χ3v) is 3.43. The number of nitrogen functional groups attached to an aromatic ring is 1. The molecule has 15 heavy (non-hydrogen) atoms. The number of nitrogens with zero attached hydrogens (tertiary/aromatic N) is 1. The van der Waals surface area contributed by atoms with E-state index in [1.807, 2.05) is 12.1 Å².